The summed E-state index contributed by atoms with van der Waals surface area (Å²) in [6.07, 6.45) is 2.82. The van der Waals surface area contributed by atoms with Crippen molar-refractivity contribution in [2.24, 2.45) is 0 Å². The van der Waals surface area contributed by atoms with Crippen molar-refractivity contribution in [3.8, 4) is 0 Å². The van der Waals surface area contributed by atoms with Crippen molar-refractivity contribution in [2.45, 2.75) is 44.4 Å². The van der Waals surface area contributed by atoms with Gasteiger partial charge in [-0.3, -0.25) is 4.98 Å². The maximum Gasteiger partial charge on any atom is 0.490 e. The van der Waals surface area contributed by atoms with E-state index in [1.807, 2.05) is 30.2 Å². The van der Waals surface area contributed by atoms with Crippen molar-refractivity contribution in [2.75, 3.05) is 18.4 Å². The van der Waals surface area contributed by atoms with Crippen molar-refractivity contribution < 1.29 is 32.3 Å². The summed E-state index contributed by atoms with van der Waals surface area (Å²) < 4.78 is 45.3. The number of halogens is 4. The number of urea groups is 1. The second-order valence-corrected chi connectivity index (χ2v) is 8.50. The molecule has 0 bridgehead atoms. The van der Waals surface area contributed by atoms with Crippen molar-refractivity contribution >= 4 is 28.6 Å². The molecule has 8 nitrogen and oxygen atoms in total. The molecule has 0 radical (unpaired) electrons. The van der Waals surface area contributed by atoms with Crippen molar-refractivity contribution in [1.82, 2.24) is 20.2 Å². The summed E-state index contributed by atoms with van der Waals surface area (Å²) in [4.78, 5) is 30.6. The van der Waals surface area contributed by atoms with Crippen LogP contribution in [-0.4, -0.2) is 63.3 Å². The summed E-state index contributed by atoms with van der Waals surface area (Å²) in [5.74, 6) is -3.01. The van der Waals surface area contributed by atoms with E-state index in [0.29, 0.717) is 12.5 Å². The van der Waals surface area contributed by atoms with E-state index in [-0.39, 0.29) is 17.9 Å². The number of amides is 2. The van der Waals surface area contributed by atoms with Gasteiger partial charge in [-0.05, 0) is 62.1 Å². The molecule has 1 fully saturated rings. The number of alkyl halides is 3. The normalized spacial score (nSPS) is 15.1. The summed E-state index contributed by atoms with van der Waals surface area (Å²) in [6.45, 7) is 3.42. The number of likely N-dealkylation sites (tertiary alicyclic amines) is 1. The first-order valence-corrected chi connectivity index (χ1v) is 11.3. The number of fused-ring (bicyclic) bond motifs is 1. The average Bonchev–Trinajstić information content (AvgIpc) is 3.21. The zero-order valence-electron chi connectivity index (χ0n) is 19.5. The largest absolute Gasteiger partial charge is 0.490 e. The van der Waals surface area contributed by atoms with Gasteiger partial charge in [0.15, 0.2) is 0 Å². The molecule has 1 saturated heterocycles. The standard InChI is InChI=1S/C22H26FN5O.C2HF3O2/c1-15(12-16-14-25-21-3-2-17(23)13-20(16)21)26-22(29)28-10-6-19(7-11-28)27-18-4-8-24-9-5-18;3-2(4,5)1(6)7/h2-5,8-9,13-15,19,25H,6-7,10-12H2,1H3,(H,24,27)(H,26,29);(H,6,7). The van der Waals surface area contributed by atoms with E-state index in [4.69, 9.17) is 9.90 Å². The molecule has 1 aromatic carbocycles. The number of nitrogens with one attached hydrogen (secondary N) is 3. The predicted molar refractivity (Wildman–Crippen MR) is 126 cm³/mol. The number of aliphatic carboxylic acids is 1. The Bertz CT molecular complexity index is 1160. The van der Waals surface area contributed by atoms with E-state index >= 15 is 0 Å². The molecular weight excluding hydrogens is 482 g/mol. The van der Waals surface area contributed by atoms with Crippen molar-refractivity contribution in [1.29, 1.82) is 0 Å². The number of piperidine rings is 1. The highest BCUT2D eigenvalue weighted by Gasteiger charge is 2.38. The van der Waals surface area contributed by atoms with E-state index < -0.39 is 12.1 Å². The number of carboxylic acid groups (broad SMARTS) is 1. The van der Waals surface area contributed by atoms with E-state index in [0.717, 1.165) is 48.1 Å². The fourth-order valence-corrected chi connectivity index (χ4v) is 3.91. The quantitative estimate of drug-likeness (QED) is 0.377. The molecule has 4 rings (SSSR count). The number of aromatic amines is 1. The van der Waals surface area contributed by atoms with Crippen LogP contribution in [-0.2, 0) is 11.2 Å². The molecule has 4 N–H and O–H groups in total. The topological polar surface area (TPSA) is 110 Å². The highest BCUT2D eigenvalue weighted by atomic mass is 19.4. The number of aromatic nitrogens is 2. The lowest BCUT2D eigenvalue weighted by Gasteiger charge is -2.33. The van der Waals surface area contributed by atoms with Crippen LogP contribution in [0.15, 0.2) is 48.9 Å². The molecule has 194 valence electrons. The fourth-order valence-electron chi connectivity index (χ4n) is 3.91. The summed E-state index contributed by atoms with van der Waals surface area (Å²) in [7, 11) is 0. The lowest BCUT2D eigenvalue weighted by Crippen LogP contribution is -2.49. The molecule has 0 spiro atoms. The van der Waals surface area contributed by atoms with Crippen LogP contribution in [0.4, 0.5) is 28.0 Å². The SMILES string of the molecule is CC(Cc1c[nH]c2ccc(F)cc12)NC(=O)N1CCC(Nc2ccncc2)CC1.O=C(O)C(F)(F)F. The molecule has 3 heterocycles. The molecule has 0 aliphatic carbocycles. The van der Waals surface area contributed by atoms with Crippen LogP contribution in [0.5, 0.6) is 0 Å². The second kappa shape index (κ2) is 11.7. The minimum Gasteiger partial charge on any atom is -0.475 e. The van der Waals surface area contributed by atoms with E-state index in [1.165, 1.54) is 12.1 Å². The molecule has 12 heteroatoms. The lowest BCUT2D eigenvalue weighted by molar-refractivity contribution is -0.192. The third-order valence-corrected chi connectivity index (χ3v) is 5.70. The molecule has 0 saturated carbocycles. The number of carboxylic acids is 1. The Morgan fingerprint density at radius 3 is 2.44 bits per heavy atom. The summed E-state index contributed by atoms with van der Waals surface area (Å²) in [5, 5.41) is 14.6. The van der Waals surface area contributed by atoms with Gasteiger partial charge in [0.05, 0.1) is 0 Å². The zero-order chi connectivity index (χ0) is 26.3. The Kier molecular flexibility index (Phi) is 8.73. The van der Waals surface area contributed by atoms with Gasteiger partial charge in [-0.2, -0.15) is 13.2 Å². The van der Waals surface area contributed by atoms with Gasteiger partial charge in [-0.25, -0.2) is 14.0 Å². The number of carbonyl (C=O) groups is 2. The van der Waals surface area contributed by atoms with Crippen LogP contribution in [0.1, 0.15) is 25.3 Å². The molecule has 1 unspecified atom stereocenters. The Hall–Kier alpha value is -3.83. The number of anilines is 1. The Morgan fingerprint density at radius 2 is 1.83 bits per heavy atom. The summed E-state index contributed by atoms with van der Waals surface area (Å²) in [5.41, 5.74) is 2.97. The van der Waals surface area contributed by atoms with E-state index in [9.17, 15) is 22.4 Å². The number of pyridine rings is 1. The van der Waals surface area contributed by atoms with Gasteiger partial charge in [0, 0.05) is 60.4 Å². The first-order chi connectivity index (χ1) is 17.0. The highest BCUT2D eigenvalue weighted by molar-refractivity contribution is 5.83. The van der Waals surface area contributed by atoms with Crippen LogP contribution in [0.25, 0.3) is 10.9 Å². The first-order valence-electron chi connectivity index (χ1n) is 11.3. The van der Waals surface area contributed by atoms with Gasteiger partial charge >= 0.3 is 18.2 Å². The second-order valence-electron chi connectivity index (χ2n) is 8.50. The van der Waals surface area contributed by atoms with E-state index in [2.05, 4.69) is 20.6 Å². The minimum absolute atomic E-state index is 0.0362. The summed E-state index contributed by atoms with van der Waals surface area (Å²) in [6, 6.07) is 8.91. The number of rotatable bonds is 5. The van der Waals surface area contributed by atoms with Crippen LogP contribution in [0.3, 0.4) is 0 Å². The first kappa shape index (κ1) is 26.8. The molecule has 1 aliphatic heterocycles. The predicted octanol–water partition coefficient (Wildman–Crippen LogP) is 4.55. The van der Waals surface area contributed by atoms with E-state index in [1.54, 1.807) is 18.5 Å². The molecule has 1 aliphatic rings. The minimum atomic E-state index is -5.08. The summed E-state index contributed by atoms with van der Waals surface area (Å²) >= 11 is 0. The number of benzene rings is 1. The maximum absolute atomic E-state index is 13.6. The molecule has 1 atom stereocenters. The molecule has 2 amide bonds. The number of H-pyrrole nitrogens is 1. The van der Waals surface area contributed by atoms with Gasteiger partial charge in [-0.15, -0.1) is 0 Å². The Labute approximate surface area is 204 Å². The Morgan fingerprint density at radius 1 is 1.19 bits per heavy atom. The maximum atomic E-state index is 13.6. The van der Waals surface area contributed by atoms with Gasteiger partial charge in [-0.1, -0.05) is 0 Å². The molecule has 36 heavy (non-hydrogen) atoms. The van der Waals surface area contributed by atoms with Gasteiger partial charge in [0.1, 0.15) is 5.82 Å². The Balaban J connectivity index is 0.000000454. The average molecular weight is 510 g/mol. The van der Waals surface area contributed by atoms with Crippen LogP contribution in [0.2, 0.25) is 0 Å². The fraction of sp³-hybridized carbons (Fsp3) is 0.375. The monoisotopic (exact) mass is 509 g/mol. The smallest absolute Gasteiger partial charge is 0.475 e. The number of nitrogens with zero attached hydrogens (tertiary/aromatic N) is 2. The number of hydrogen-bond acceptors (Lipinski definition) is 4. The third-order valence-electron chi connectivity index (χ3n) is 5.70. The van der Waals surface area contributed by atoms with Crippen molar-refractivity contribution in [3.05, 3.63) is 60.3 Å². The highest BCUT2D eigenvalue weighted by Crippen LogP contribution is 2.21. The van der Waals surface area contributed by atoms with Crippen molar-refractivity contribution in [3.63, 3.8) is 0 Å². The lowest BCUT2D eigenvalue weighted by atomic mass is 10.0. The van der Waals surface area contributed by atoms with Gasteiger partial charge in [0.25, 0.3) is 0 Å². The number of hydrogen-bond donors (Lipinski definition) is 4. The molecular formula is C24H27F4N5O3. The third kappa shape index (κ3) is 7.59. The van der Waals surface area contributed by atoms with Gasteiger partial charge < -0.3 is 25.6 Å². The van der Waals surface area contributed by atoms with Crippen LogP contribution in [0, 0.1) is 5.82 Å². The molecule has 2 aromatic heterocycles. The number of carbonyl (C=O) groups excluding carboxylic acids is 1. The van der Waals surface area contributed by atoms with Crippen LogP contribution >= 0.6 is 0 Å². The van der Waals surface area contributed by atoms with Crippen LogP contribution < -0.4 is 10.6 Å². The molecule has 3 aromatic rings. The van der Waals surface area contributed by atoms with Gasteiger partial charge in [0.2, 0.25) is 0 Å². The zero-order valence-corrected chi connectivity index (χ0v) is 19.5.